The van der Waals surface area contributed by atoms with Gasteiger partial charge in [0.25, 0.3) is 0 Å². The van der Waals surface area contributed by atoms with Crippen molar-refractivity contribution in [2.24, 2.45) is 11.8 Å². The van der Waals surface area contributed by atoms with Crippen LogP contribution in [0.15, 0.2) is 24.3 Å². The van der Waals surface area contributed by atoms with Crippen LogP contribution in [0.25, 0.3) is 0 Å². The Hall–Kier alpha value is -1.35. The largest absolute Gasteiger partial charge is 0.481 e. The Morgan fingerprint density at radius 1 is 1.06 bits per heavy atom. The zero-order valence-electron chi connectivity index (χ0n) is 9.35. The average Bonchev–Trinajstić information content (AvgIpc) is 2.82. The maximum absolute atomic E-state index is 11.3. The molecule has 0 heterocycles. The van der Waals surface area contributed by atoms with Gasteiger partial charge in [0.1, 0.15) is 0 Å². The molecule has 5 heteroatoms. The molecule has 2 N–H and O–H groups in total. The van der Waals surface area contributed by atoms with E-state index in [1.165, 1.54) is 0 Å². The van der Waals surface area contributed by atoms with Crippen molar-refractivity contribution < 1.29 is 36.3 Å². The molecule has 2 aliphatic rings. The number of carboxylic acid groups (broad SMARTS) is 2. The fourth-order valence-corrected chi connectivity index (χ4v) is 3.53. The summed E-state index contributed by atoms with van der Waals surface area (Å²) in [4.78, 5) is 22.5. The number of aliphatic carboxylic acids is 2. The van der Waals surface area contributed by atoms with Crippen molar-refractivity contribution in [3.05, 3.63) is 35.4 Å². The predicted molar refractivity (Wildman–Crippen MR) is 58.8 cm³/mol. The van der Waals surface area contributed by atoms with Gasteiger partial charge in [0, 0.05) is 22.4 Å². The molecule has 1 saturated carbocycles. The first-order valence-electron chi connectivity index (χ1n) is 5.65. The number of carboxylic acids is 2. The van der Waals surface area contributed by atoms with Gasteiger partial charge in [-0.25, -0.2) is 0 Å². The van der Waals surface area contributed by atoms with Crippen LogP contribution in [0.4, 0.5) is 0 Å². The topological polar surface area (TPSA) is 74.6 Å². The Morgan fingerprint density at radius 3 is 2.22 bits per heavy atom. The van der Waals surface area contributed by atoms with Gasteiger partial charge in [-0.05, 0) is 23.5 Å². The molecule has 0 amide bonds. The maximum Gasteiger partial charge on any atom is 0.307 e. The van der Waals surface area contributed by atoms with Crippen molar-refractivity contribution in [2.45, 2.75) is 18.3 Å². The number of hydrogen-bond acceptors (Lipinski definition) is 2. The van der Waals surface area contributed by atoms with E-state index in [2.05, 4.69) is 0 Å². The summed E-state index contributed by atoms with van der Waals surface area (Å²) in [6.45, 7) is 0. The molecule has 0 spiro atoms. The summed E-state index contributed by atoms with van der Waals surface area (Å²) in [5.41, 5.74) is 1.95. The van der Waals surface area contributed by atoms with Gasteiger partial charge in [0.15, 0.2) is 0 Å². The number of benzene rings is 1. The molecule has 0 aliphatic heterocycles. The fourth-order valence-electron chi connectivity index (χ4n) is 3.53. The Labute approximate surface area is 114 Å². The normalized spacial score (nSPS) is 31.6. The first-order valence-corrected chi connectivity index (χ1v) is 5.65. The van der Waals surface area contributed by atoms with E-state index < -0.39 is 23.8 Å². The average molecular weight is 291 g/mol. The summed E-state index contributed by atoms with van der Waals surface area (Å²) >= 11 is 0. The monoisotopic (exact) mass is 290 g/mol. The van der Waals surface area contributed by atoms with Crippen LogP contribution in [-0.4, -0.2) is 22.2 Å². The van der Waals surface area contributed by atoms with Gasteiger partial charge >= 0.3 is 11.9 Å². The third-order valence-corrected chi connectivity index (χ3v) is 4.12. The molecule has 0 radical (unpaired) electrons. The number of fused-ring (bicyclic) bond motifs is 5. The van der Waals surface area contributed by atoms with Gasteiger partial charge in [-0.2, -0.15) is 0 Å². The van der Waals surface area contributed by atoms with E-state index in [1.807, 2.05) is 24.3 Å². The van der Waals surface area contributed by atoms with Gasteiger partial charge in [-0.15, -0.1) is 0 Å². The van der Waals surface area contributed by atoms with Gasteiger partial charge in [0.05, 0.1) is 11.8 Å². The summed E-state index contributed by atoms with van der Waals surface area (Å²) in [7, 11) is 0. The predicted octanol–water partition coefficient (Wildman–Crippen LogP) is 1.67. The molecule has 4 nitrogen and oxygen atoms in total. The molecule has 3 rings (SSSR count). The van der Waals surface area contributed by atoms with Crippen molar-refractivity contribution in [1.82, 2.24) is 0 Å². The minimum absolute atomic E-state index is 0. The van der Waals surface area contributed by atoms with Gasteiger partial charge in [-0.3, -0.25) is 9.59 Å². The van der Waals surface area contributed by atoms with Crippen molar-refractivity contribution in [2.75, 3.05) is 0 Å². The molecule has 1 fully saturated rings. The van der Waals surface area contributed by atoms with E-state index in [4.69, 9.17) is 5.11 Å². The summed E-state index contributed by atoms with van der Waals surface area (Å²) in [6.07, 6.45) is 0.452. The maximum atomic E-state index is 11.3. The number of carbonyl (C=O) groups is 2. The van der Waals surface area contributed by atoms with Gasteiger partial charge in [0.2, 0.25) is 0 Å². The van der Waals surface area contributed by atoms with Crippen LogP contribution in [-0.2, 0) is 26.1 Å². The molecular formula is C13H12NiO4. The second-order valence-electron chi connectivity index (χ2n) is 4.81. The Morgan fingerprint density at radius 2 is 1.67 bits per heavy atom. The smallest absolute Gasteiger partial charge is 0.307 e. The first kappa shape index (κ1) is 13.1. The molecule has 1 aromatic rings. The second kappa shape index (κ2) is 4.40. The standard InChI is InChI=1S/C13H12O4.Ni/c14-12(15)9-5-8-6-3-1-2-4-7(6)10(9)11(8)13(16)17;/h1-4,8-11H,5H2,(H,14,15)(H,16,17);. The van der Waals surface area contributed by atoms with E-state index in [1.54, 1.807) is 0 Å². The molecule has 4 unspecified atom stereocenters. The van der Waals surface area contributed by atoms with E-state index in [0.717, 1.165) is 11.1 Å². The van der Waals surface area contributed by atoms with Crippen LogP contribution < -0.4 is 0 Å². The molecule has 2 aliphatic carbocycles. The molecular weight excluding hydrogens is 279 g/mol. The number of rotatable bonds is 2. The summed E-state index contributed by atoms with van der Waals surface area (Å²) in [6, 6.07) is 7.52. The van der Waals surface area contributed by atoms with Gasteiger partial charge in [-0.1, -0.05) is 24.3 Å². The Kier molecular flexibility index (Phi) is 3.20. The van der Waals surface area contributed by atoms with E-state index in [0.29, 0.717) is 6.42 Å². The number of hydrogen-bond donors (Lipinski definition) is 2. The van der Waals surface area contributed by atoms with E-state index in [-0.39, 0.29) is 28.3 Å². The summed E-state index contributed by atoms with van der Waals surface area (Å²) in [5.74, 6) is -3.34. The van der Waals surface area contributed by atoms with Gasteiger partial charge < -0.3 is 10.2 Å². The third-order valence-electron chi connectivity index (χ3n) is 4.12. The van der Waals surface area contributed by atoms with Crippen LogP contribution in [0.2, 0.25) is 0 Å². The van der Waals surface area contributed by atoms with Crippen LogP contribution in [0, 0.1) is 11.8 Å². The summed E-state index contributed by atoms with van der Waals surface area (Å²) in [5, 5.41) is 18.4. The van der Waals surface area contributed by atoms with E-state index in [9.17, 15) is 14.7 Å². The Balaban J connectivity index is 0.00000120. The van der Waals surface area contributed by atoms with Crippen LogP contribution in [0.1, 0.15) is 29.4 Å². The van der Waals surface area contributed by atoms with Crippen LogP contribution in [0.3, 0.4) is 0 Å². The molecule has 18 heavy (non-hydrogen) atoms. The SMILES string of the molecule is O=C(O)C1CC2c3ccccc3C1C2C(=O)O.[Ni]. The van der Waals surface area contributed by atoms with Crippen molar-refractivity contribution in [1.29, 1.82) is 0 Å². The Bertz CT molecular complexity index is 513. The minimum Gasteiger partial charge on any atom is -0.481 e. The molecule has 0 aromatic heterocycles. The van der Waals surface area contributed by atoms with Crippen LogP contribution >= 0.6 is 0 Å². The van der Waals surface area contributed by atoms with Crippen molar-refractivity contribution in [3.63, 3.8) is 0 Å². The fraction of sp³-hybridized carbons (Fsp3) is 0.385. The minimum atomic E-state index is -0.877. The second-order valence-corrected chi connectivity index (χ2v) is 4.81. The molecule has 1 aromatic carbocycles. The van der Waals surface area contributed by atoms with Crippen LogP contribution in [0.5, 0.6) is 0 Å². The molecule has 98 valence electrons. The molecule has 4 atom stereocenters. The van der Waals surface area contributed by atoms with E-state index >= 15 is 0 Å². The van der Waals surface area contributed by atoms with Crippen molar-refractivity contribution in [3.8, 4) is 0 Å². The summed E-state index contributed by atoms with van der Waals surface area (Å²) < 4.78 is 0. The van der Waals surface area contributed by atoms with Crippen molar-refractivity contribution >= 4 is 11.9 Å². The third kappa shape index (κ3) is 1.57. The zero-order chi connectivity index (χ0) is 12.2. The quantitative estimate of drug-likeness (QED) is 0.813. The first-order chi connectivity index (χ1) is 8.11. The zero-order valence-corrected chi connectivity index (χ0v) is 10.3. The molecule has 2 bridgehead atoms. The molecule has 0 saturated heterocycles.